The van der Waals surface area contributed by atoms with Crippen LogP contribution in [-0.2, 0) is 0 Å². The number of rotatable bonds is 2. The molecule has 4 nitrogen and oxygen atoms in total. The second kappa shape index (κ2) is 4.65. The van der Waals surface area contributed by atoms with E-state index in [1.807, 2.05) is 6.07 Å². The Labute approximate surface area is 98.9 Å². The first-order valence-electron chi connectivity index (χ1n) is 5.19. The number of hydrogen-bond acceptors (Lipinski definition) is 3. The smallest absolute Gasteiger partial charge is 0.251 e. The Morgan fingerprint density at radius 1 is 1.24 bits per heavy atom. The maximum atomic E-state index is 11.5. The number of hydrogen-bond donors (Lipinski definition) is 2. The molecule has 1 amide bonds. The van der Waals surface area contributed by atoms with E-state index in [0.717, 1.165) is 5.56 Å². The molecule has 2 aromatic rings. The number of benzene rings is 1. The van der Waals surface area contributed by atoms with E-state index in [9.17, 15) is 9.90 Å². The zero-order valence-corrected chi connectivity index (χ0v) is 9.34. The van der Waals surface area contributed by atoms with Gasteiger partial charge in [0.15, 0.2) is 0 Å². The molecule has 0 saturated carbocycles. The van der Waals surface area contributed by atoms with E-state index in [2.05, 4.69) is 10.3 Å². The molecule has 0 aliphatic carbocycles. The summed E-state index contributed by atoms with van der Waals surface area (Å²) in [6.45, 7) is 0. The standard InChI is InChI=1S/C13H12N2O2/c1-14-13(17)10-5-2-4-9(8-10)11-6-3-7-12(16)15-11/h2-8H,1H3,(H,14,17)(H,15,16). The number of aromatic nitrogens is 1. The van der Waals surface area contributed by atoms with Gasteiger partial charge in [0.2, 0.25) is 5.88 Å². The van der Waals surface area contributed by atoms with Crippen molar-refractivity contribution in [2.75, 3.05) is 7.05 Å². The van der Waals surface area contributed by atoms with E-state index in [-0.39, 0.29) is 11.8 Å². The van der Waals surface area contributed by atoms with E-state index in [0.29, 0.717) is 11.3 Å². The van der Waals surface area contributed by atoms with Crippen molar-refractivity contribution in [1.82, 2.24) is 10.3 Å². The molecule has 2 N–H and O–H groups in total. The zero-order valence-electron chi connectivity index (χ0n) is 9.34. The van der Waals surface area contributed by atoms with E-state index in [1.54, 1.807) is 37.4 Å². The van der Waals surface area contributed by atoms with Crippen LogP contribution in [0.4, 0.5) is 0 Å². The molecule has 0 saturated heterocycles. The molecule has 4 heteroatoms. The van der Waals surface area contributed by atoms with Crippen LogP contribution in [-0.4, -0.2) is 23.0 Å². The molecule has 0 unspecified atom stereocenters. The van der Waals surface area contributed by atoms with Crippen LogP contribution in [0.1, 0.15) is 10.4 Å². The molecule has 17 heavy (non-hydrogen) atoms. The van der Waals surface area contributed by atoms with Gasteiger partial charge < -0.3 is 10.4 Å². The SMILES string of the molecule is CNC(=O)c1cccc(-c2cccc(O)n2)c1. The number of pyridine rings is 1. The predicted octanol–water partition coefficient (Wildman–Crippen LogP) is 1.81. The van der Waals surface area contributed by atoms with Gasteiger partial charge in [0.05, 0.1) is 5.69 Å². The van der Waals surface area contributed by atoms with Crippen LogP contribution in [0.25, 0.3) is 11.3 Å². The van der Waals surface area contributed by atoms with Gasteiger partial charge in [-0.3, -0.25) is 4.79 Å². The number of amides is 1. The molecule has 1 aromatic heterocycles. The monoisotopic (exact) mass is 228 g/mol. The number of aromatic hydroxyl groups is 1. The molecule has 2 rings (SSSR count). The molecular formula is C13H12N2O2. The molecule has 86 valence electrons. The third kappa shape index (κ3) is 2.42. The van der Waals surface area contributed by atoms with Crippen LogP contribution in [0.2, 0.25) is 0 Å². The first kappa shape index (κ1) is 11.1. The highest BCUT2D eigenvalue weighted by molar-refractivity contribution is 5.95. The number of nitrogens with zero attached hydrogens (tertiary/aromatic N) is 1. The maximum Gasteiger partial charge on any atom is 0.251 e. The third-order valence-electron chi connectivity index (χ3n) is 2.38. The Hall–Kier alpha value is -2.36. The van der Waals surface area contributed by atoms with Crippen LogP contribution in [0.5, 0.6) is 5.88 Å². The summed E-state index contributed by atoms with van der Waals surface area (Å²) in [5.41, 5.74) is 1.99. The third-order valence-corrected chi connectivity index (χ3v) is 2.38. The summed E-state index contributed by atoms with van der Waals surface area (Å²) >= 11 is 0. The topological polar surface area (TPSA) is 62.2 Å². The number of carbonyl (C=O) groups excluding carboxylic acids is 1. The van der Waals surface area contributed by atoms with Gasteiger partial charge in [-0.25, -0.2) is 4.98 Å². The number of nitrogens with one attached hydrogen (secondary N) is 1. The highest BCUT2D eigenvalue weighted by Crippen LogP contribution is 2.20. The molecule has 0 spiro atoms. The van der Waals surface area contributed by atoms with E-state index in [1.165, 1.54) is 6.07 Å². The van der Waals surface area contributed by atoms with Crippen molar-refractivity contribution in [2.45, 2.75) is 0 Å². The van der Waals surface area contributed by atoms with Gasteiger partial charge in [-0.1, -0.05) is 18.2 Å². The van der Waals surface area contributed by atoms with Crippen molar-refractivity contribution in [3.63, 3.8) is 0 Å². The van der Waals surface area contributed by atoms with Gasteiger partial charge in [-0.05, 0) is 18.2 Å². The van der Waals surface area contributed by atoms with Gasteiger partial charge in [-0.2, -0.15) is 0 Å². The van der Waals surface area contributed by atoms with Crippen molar-refractivity contribution >= 4 is 5.91 Å². The lowest BCUT2D eigenvalue weighted by Gasteiger charge is -2.04. The van der Waals surface area contributed by atoms with Crippen molar-refractivity contribution in [2.24, 2.45) is 0 Å². The molecule has 0 fully saturated rings. The fourth-order valence-electron chi connectivity index (χ4n) is 1.55. The highest BCUT2D eigenvalue weighted by atomic mass is 16.3. The van der Waals surface area contributed by atoms with Crippen LogP contribution >= 0.6 is 0 Å². The molecule has 0 radical (unpaired) electrons. The summed E-state index contributed by atoms with van der Waals surface area (Å²) in [6.07, 6.45) is 0. The molecule has 0 atom stereocenters. The highest BCUT2D eigenvalue weighted by Gasteiger charge is 2.06. The Morgan fingerprint density at radius 3 is 2.71 bits per heavy atom. The Morgan fingerprint density at radius 2 is 2.00 bits per heavy atom. The lowest BCUT2D eigenvalue weighted by Crippen LogP contribution is -2.17. The molecular weight excluding hydrogens is 216 g/mol. The van der Waals surface area contributed by atoms with Gasteiger partial charge >= 0.3 is 0 Å². The lowest BCUT2D eigenvalue weighted by molar-refractivity contribution is 0.0963. The first-order chi connectivity index (χ1) is 8.20. The summed E-state index contributed by atoms with van der Waals surface area (Å²) in [5.74, 6) is -0.181. The van der Waals surface area contributed by atoms with Crippen LogP contribution in [0.3, 0.4) is 0 Å². The summed E-state index contributed by atoms with van der Waals surface area (Å²) < 4.78 is 0. The molecule has 1 aromatic carbocycles. The average molecular weight is 228 g/mol. The minimum absolute atomic E-state index is 0.0344. The fourth-order valence-corrected chi connectivity index (χ4v) is 1.55. The fraction of sp³-hybridized carbons (Fsp3) is 0.0769. The minimum atomic E-state index is -0.146. The van der Waals surface area contributed by atoms with E-state index < -0.39 is 0 Å². The van der Waals surface area contributed by atoms with Gasteiger partial charge in [0.25, 0.3) is 5.91 Å². The van der Waals surface area contributed by atoms with Crippen molar-refractivity contribution < 1.29 is 9.90 Å². The Bertz CT molecular complexity index is 553. The quantitative estimate of drug-likeness (QED) is 0.824. The Balaban J connectivity index is 2.43. The predicted molar refractivity (Wildman–Crippen MR) is 64.7 cm³/mol. The second-order valence-electron chi connectivity index (χ2n) is 3.54. The van der Waals surface area contributed by atoms with Crippen molar-refractivity contribution in [3.8, 4) is 17.1 Å². The van der Waals surface area contributed by atoms with Crippen LogP contribution in [0, 0.1) is 0 Å². The van der Waals surface area contributed by atoms with E-state index >= 15 is 0 Å². The van der Waals surface area contributed by atoms with Crippen molar-refractivity contribution in [1.29, 1.82) is 0 Å². The molecule has 1 heterocycles. The lowest BCUT2D eigenvalue weighted by atomic mass is 10.1. The van der Waals surface area contributed by atoms with E-state index in [4.69, 9.17) is 0 Å². The average Bonchev–Trinajstić information content (AvgIpc) is 2.38. The molecule has 0 aliphatic rings. The normalized spacial score (nSPS) is 9.94. The molecule has 0 bridgehead atoms. The second-order valence-corrected chi connectivity index (χ2v) is 3.54. The number of carbonyl (C=O) groups is 1. The maximum absolute atomic E-state index is 11.5. The van der Waals surface area contributed by atoms with Crippen molar-refractivity contribution in [3.05, 3.63) is 48.0 Å². The van der Waals surface area contributed by atoms with Gasteiger partial charge in [0.1, 0.15) is 0 Å². The summed E-state index contributed by atoms with van der Waals surface area (Å²) in [5, 5.41) is 11.9. The summed E-state index contributed by atoms with van der Waals surface area (Å²) in [4.78, 5) is 15.5. The van der Waals surface area contributed by atoms with Crippen LogP contribution < -0.4 is 5.32 Å². The van der Waals surface area contributed by atoms with Gasteiger partial charge in [0, 0.05) is 24.2 Å². The minimum Gasteiger partial charge on any atom is -0.493 e. The van der Waals surface area contributed by atoms with Gasteiger partial charge in [-0.15, -0.1) is 0 Å². The summed E-state index contributed by atoms with van der Waals surface area (Å²) in [6, 6.07) is 12.1. The largest absolute Gasteiger partial charge is 0.493 e. The Kier molecular flexibility index (Phi) is 3.05. The zero-order chi connectivity index (χ0) is 12.3. The summed E-state index contributed by atoms with van der Waals surface area (Å²) in [7, 11) is 1.58. The first-order valence-corrected chi connectivity index (χ1v) is 5.19. The molecule has 0 aliphatic heterocycles. The van der Waals surface area contributed by atoms with Crippen LogP contribution in [0.15, 0.2) is 42.5 Å².